The monoisotopic (exact) mass is 276 g/mol. The standard InChI is InChI=1S/C14H10ClNO3/c15-12-8(7-17)5-6-11(12)16-13(18)9-3-1-2-4-10(9)14(16)19/h1-4,7,11H,5-6H2/i7D. The van der Waals surface area contributed by atoms with Crippen molar-refractivity contribution in [3.63, 3.8) is 0 Å². The van der Waals surface area contributed by atoms with E-state index in [0.29, 0.717) is 24.0 Å². The van der Waals surface area contributed by atoms with E-state index in [2.05, 4.69) is 0 Å². The van der Waals surface area contributed by atoms with E-state index in [0.717, 1.165) is 4.90 Å². The summed E-state index contributed by atoms with van der Waals surface area (Å²) in [6.07, 6.45) is -0.141. The summed E-state index contributed by atoms with van der Waals surface area (Å²) in [6, 6.07) is 5.95. The topological polar surface area (TPSA) is 54.5 Å². The molecule has 5 heteroatoms. The predicted molar refractivity (Wildman–Crippen MR) is 68.9 cm³/mol. The molecule has 0 bridgehead atoms. The summed E-state index contributed by atoms with van der Waals surface area (Å²) < 4.78 is 7.13. The molecule has 1 aliphatic heterocycles. The Bertz CT molecular complexity index is 648. The average Bonchev–Trinajstić information content (AvgIpc) is 2.91. The Hall–Kier alpha value is -1.94. The van der Waals surface area contributed by atoms with Crippen LogP contribution in [-0.2, 0) is 4.79 Å². The van der Waals surface area contributed by atoms with Crippen LogP contribution in [0.4, 0.5) is 0 Å². The summed E-state index contributed by atoms with van der Waals surface area (Å²) in [5.41, 5.74) is 0.897. The number of amides is 2. The van der Waals surface area contributed by atoms with E-state index in [9.17, 15) is 14.4 Å². The molecule has 0 radical (unpaired) electrons. The molecule has 0 fully saturated rings. The number of aldehydes is 1. The first-order chi connectivity index (χ1) is 9.52. The fourth-order valence-corrected chi connectivity index (χ4v) is 2.90. The lowest BCUT2D eigenvalue weighted by Crippen LogP contribution is -2.38. The molecular formula is C14H10ClNO3. The maximum absolute atomic E-state index is 12.3. The predicted octanol–water partition coefficient (Wildman–Crippen LogP) is 2.14. The number of nitrogens with zero attached hydrogens (tertiary/aromatic N) is 1. The zero-order valence-corrected chi connectivity index (χ0v) is 10.6. The molecule has 2 amide bonds. The Labute approximate surface area is 116 Å². The Morgan fingerprint density at radius 3 is 2.32 bits per heavy atom. The highest BCUT2D eigenvalue weighted by Gasteiger charge is 2.42. The molecule has 1 atom stereocenters. The first-order valence-corrected chi connectivity index (χ1v) is 6.26. The molecule has 1 unspecified atom stereocenters. The number of rotatable bonds is 2. The summed E-state index contributed by atoms with van der Waals surface area (Å²) in [5, 5.41) is 0.138. The number of carbonyl (C=O) groups is 3. The lowest BCUT2D eigenvalue weighted by atomic mass is 10.1. The van der Waals surface area contributed by atoms with Gasteiger partial charge in [-0.15, -0.1) is 0 Å². The number of imide groups is 1. The third-order valence-corrected chi connectivity index (χ3v) is 3.99. The molecule has 4 nitrogen and oxygen atoms in total. The second-order valence-corrected chi connectivity index (χ2v) is 4.92. The minimum Gasteiger partial charge on any atom is -0.298 e. The number of carbonyl (C=O) groups excluding carboxylic acids is 3. The SMILES string of the molecule is [2H]C(=O)C1=C(Cl)C(N2C(=O)c3ccccc3C2=O)CC1. The number of fused-ring (bicyclic) bond motifs is 1. The van der Waals surface area contributed by atoms with Crippen LogP contribution in [0.5, 0.6) is 0 Å². The van der Waals surface area contributed by atoms with Crippen LogP contribution < -0.4 is 0 Å². The van der Waals surface area contributed by atoms with Gasteiger partial charge in [0.1, 0.15) is 7.63 Å². The summed E-state index contributed by atoms with van der Waals surface area (Å²) in [6.45, 7) is 0. The van der Waals surface area contributed by atoms with E-state index in [1.54, 1.807) is 24.3 Å². The van der Waals surface area contributed by atoms with Crippen LogP contribution in [0.3, 0.4) is 0 Å². The van der Waals surface area contributed by atoms with Gasteiger partial charge in [0.05, 0.1) is 17.2 Å². The summed E-state index contributed by atoms with van der Waals surface area (Å²) >= 11 is 6.09. The highest BCUT2D eigenvalue weighted by molar-refractivity contribution is 6.33. The van der Waals surface area contributed by atoms with Crippen LogP contribution in [0.15, 0.2) is 34.9 Å². The molecule has 3 rings (SSSR count). The Kier molecular flexibility index (Phi) is 2.48. The molecule has 0 saturated carbocycles. The van der Waals surface area contributed by atoms with Crippen molar-refractivity contribution in [1.82, 2.24) is 4.90 Å². The van der Waals surface area contributed by atoms with Crippen molar-refractivity contribution >= 4 is 29.7 Å². The van der Waals surface area contributed by atoms with Gasteiger partial charge in [-0.25, -0.2) is 0 Å². The highest BCUT2D eigenvalue weighted by Crippen LogP contribution is 2.36. The molecule has 1 aliphatic carbocycles. The maximum Gasteiger partial charge on any atom is 0.262 e. The molecule has 1 heterocycles. The second kappa shape index (κ2) is 4.31. The first kappa shape index (κ1) is 10.9. The van der Waals surface area contributed by atoms with Crippen LogP contribution in [0.1, 0.15) is 34.9 Å². The molecule has 0 spiro atoms. The van der Waals surface area contributed by atoms with E-state index in [-0.39, 0.29) is 10.6 Å². The molecule has 19 heavy (non-hydrogen) atoms. The summed E-state index contributed by atoms with van der Waals surface area (Å²) in [5.74, 6) is -0.792. The Balaban J connectivity index is 2.01. The van der Waals surface area contributed by atoms with Crippen LogP contribution >= 0.6 is 11.6 Å². The molecule has 1 aromatic rings. The van der Waals surface area contributed by atoms with E-state index in [1.165, 1.54) is 0 Å². The van der Waals surface area contributed by atoms with Crippen molar-refractivity contribution in [1.29, 1.82) is 0 Å². The van der Waals surface area contributed by atoms with Gasteiger partial charge in [-0.3, -0.25) is 19.3 Å². The van der Waals surface area contributed by atoms with Gasteiger partial charge in [-0.05, 0) is 25.0 Å². The zero-order valence-electron chi connectivity index (χ0n) is 10.9. The van der Waals surface area contributed by atoms with E-state index < -0.39 is 24.1 Å². The van der Waals surface area contributed by atoms with Gasteiger partial charge in [0, 0.05) is 10.6 Å². The smallest absolute Gasteiger partial charge is 0.262 e. The summed E-state index contributed by atoms with van der Waals surface area (Å²) in [7, 11) is 0. The molecule has 96 valence electrons. The van der Waals surface area contributed by atoms with Gasteiger partial charge in [0.25, 0.3) is 11.8 Å². The molecule has 1 aromatic carbocycles. The van der Waals surface area contributed by atoms with Crippen molar-refractivity contribution in [3.05, 3.63) is 46.0 Å². The van der Waals surface area contributed by atoms with Crippen LogP contribution in [-0.4, -0.2) is 29.0 Å². The number of benzene rings is 1. The normalized spacial score (nSPS) is 22.9. The van der Waals surface area contributed by atoms with Crippen molar-refractivity contribution in [3.8, 4) is 0 Å². The van der Waals surface area contributed by atoms with Crippen molar-refractivity contribution < 1.29 is 15.8 Å². The zero-order chi connectivity index (χ0) is 14.4. The third-order valence-electron chi connectivity index (χ3n) is 3.51. The quantitative estimate of drug-likeness (QED) is 0.614. The van der Waals surface area contributed by atoms with Crippen molar-refractivity contribution in [2.75, 3.05) is 0 Å². The Morgan fingerprint density at radius 1 is 1.26 bits per heavy atom. The second-order valence-electron chi connectivity index (χ2n) is 4.51. The van der Waals surface area contributed by atoms with Crippen LogP contribution in [0.25, 0.3) is 0 Å². The molecular weight excluding hydrogens is 266 g/mol. The number of allylic oxidation sites excluding steroid dienone is 1. The third kappa shape index (κ3) is 1.64. The van der Waals surface area contributed by atoms with E-state index >= 15 is 0 Å². The van der Waals surface area contributed by atoms with Gasteiger partial charge in [0.2, 0.25) is 0 Å². The Morgan fingerprint density at radius 2 is 1.84 bits per heavy atom. The van der Waals surface area contributed by atoms with E-state index in [4.69, 9.17) is 13.0 Å². The molecule has 0 saturated heterocycles. The fourth-order valence-electron chi connectivity index (χ4n) is 2.56. The van der Waals surface area contributed by atoms with Crippen molar-refractivity contribution in [2.45, 2.75) is 18.9 Å². The molecule has 0 aromatic heterocycles. The summed E-state index contributed by atoms with van der Waals surface area (Å²) in [4.78, 5) is 36.9. The van der Waals surface area contributed by atoms with E-state index in [1.807, 2.05) is 0 Å². The van der Waals surface area contributed by atoms with Gasteiger partial charge in [-0.1, -0.05) is 23.7 Å². The maximum atomic E-state index is 12.3. The average molecular weight is 277 g/mol. The number of halogens is 1. The van der Waals surface area contributed by atoms with Gasteiger partial charge in [-0.2, -0.15) is 0 Å². The van der Waals surface area contributed by atoms with Gasteiger partial charge in [0.15, 0.2) is 0 Å². The lowest BCUT2D eigenvalue weighted by Gasteiger charge is -2.22. The minimum absolute atomic E-state index is 0.138. The lowest BCUT2D eigenvalue weighted by molar-refractivity contribution is -0.105. The number of hydrogen-bond acceptors (Lipinski definition) is 3. The van der Waals surface area contributed by atoms with Crippen molar-refractivity contribution in [2.24, 2.45) is 0 Å². The van der Waals surface area contributed by atoms with Gasteiger partial charge >= 0.3 is 0 Å². The molecule has 2 aliphatic rings. The minimum atomic E-state index is -0.853. The van der Waals surface area contributed by atoms with Crippen LogP contribution in [0.2, 0.25) is 0 Å². The van der Waals surface area contributed by atoms with Crippen LogP contribution in [0, 0.1) is 0 Å². The number of hydrogen-bond donors (Lipinski definition) is 0. The van der Waals surface area contributed by atoms with Gasteiger partial charge < -0.3 is 0 Å². The first-order valence-electron chi connectivity index (χ1n) is 6.38. The fraction of sp³-hybridized carbons (Fsp3) is 0.214. The highest BCUT2D eigenvalue weighted by atomic mass is 35.5. The molecule has 0 N–H and O–H groups in total. The largest absolute Gasteiger partial charge is 0.298 e.